The number of nitrogens with zero attached hydrogens (tertiary/aromatic N) is 1. The van der Waals surface area contributed by atoms with Gasteiger partial charge in [-0.3, -0.25) is 4.79 Å². The van der Waals surface area contributed by atoms with E-state index in [0.717, 1.165) is 25.7 Å². The summed E-state index contributed by atoms with van der Waals surface area (Å²) < 4.78 is 0. The summed E-state index contributed by atoms with van der Waals surface area (Å²) >= 11 is 0. The molecule has 0 aliphatic heterocycles. The normalized spacial score (nSPS) is 25.0. The molecule has 0 saturated heterocycles. The Hall–Kier alpha value is -1.62. The highest BCUT2D eigenvalue weighted by atomic mass is 16.1. The van der Waals surface area contributed by atoms with E-state index in [2.05, 4.69) is 18.2 Å². The molecule has 1 aliphatic rings. The molecular weight excluding hydrogens is 210 g/mol. The molecule has 0 bridgehead atoms. The monoisotopic (exact) mass is 227 g/mol. The molecule has 1 atom stereocenters. The molecule has 0 heterocycles. The van der Waals surface area contributed by atoms with Crippen molar-refractivity contribution in [2.24, 2.45) is 5.41 Å². The number of carbonyl (C=O) groups excluding carboxylic acids is 1. The standard InChI is InChI=1S/C15H17NO/c16-12-15(9-4-7-14(17)8-10-15)11-13-5-2-1-3-6-13/h1-3,5-6H,4,7-11H2. The number of nitriles is 1. The van der Waals surface area contributed by atoms with Gasteiger partial charge >= 0.3 is 0 Å². The Morgan fingerprint density at radius 3 is 2.65 bits per heavy atom. The van der Waals surface area contributed by atoms with E-state index in [-0.39, 0.29) is 5.41 Å². The molecule has 2 nitrogen and oxygen atoms in total. The Kier molecular flexibility index (Phi) is 3.58. The Balaban J connectivity index is 2.15. The summed E-state index contributed by atoms with van der Waals surface area (Å²) in [6.07, 6.45) is 4.43. The third-order valence-corrected chi connectivity index (χ3v) is 3.62. The van der Waals surface area contributed by atoms with Gasteiger partial charge in [-0.15, -0.1) is 0 Å². The highest BCUT2D eigenvalue weighted by Crippen LogP contribution is 2.36. The molecule has 2 heteroatoms. The molecule has 1 aliphatic carbocycles. The quantitative estimate of drug-likeness (QED) is 0.727. The van der Waals surface area contributed by atoms with Crippen molar-refractivity contribution in [1.82, 2.24) is 0 Å². The summed E-state index contributed by atoms with van der Waals surface area (Å²) in [6.45, 7) is 0. The zero-order valence-electron chi connectivity index (χ0n) is 9.98. The Labute approximate surface area is 102 Å². The van der Waals surface area contributed by atoms with E-state index in [1.807, 2.05) is 18.2 Å². The molecule has 1 saturated carbocycles. The van der Waals surface area contributed by atoms with Crippen LogP contribution >= 0.6 is 0 Å². The second-order valence-electron chi connectivity index (χ2n) is 4.95. The fourth-order valence-electron chi connectivity index (χ4n) is 2.57. The number of carbonyl (C=O) groups is 1. The van der Waals surface area contributed by atoms with Crippen LogP contribution in [0, 0.1) is 16.7 Å². The van der Waals surface area contributed by atoms with E-state index in [1.165, 1.54) is 5.56 Å². The van der Waals surface area contributed by atoms with Crippen LogP contribution in [0.15, 0.2) is 30.3 Å². The van der Waals surface area contributed by atoms with Crippen LogP contribution in [-0.4, -0.2) is 5.78 Å². The van der Waals surface area contributed by atoms with Crippen LogP contribution in [0.4, 0.5) is 0 Å². The average molecular weight is 227 g/mol. The lowest BCUT2D eigenvalue weighted by Gasteiger charge is -2.24. The van der Waals surface area contributed by atoms with Crippen LogP contribution < -0.4 is 0 Å². The zero-order chi connectivity index (χ0) is 12.1. The van der Waals surface area contributed by atoms with Crippen molar-refractivity contribution in [2.75, 3.05) is 0 Å². The van der Waals surface area contributed by atoms with Crippen molar-refractivity contribution in [3.05, 3.63) is 35.9 Å². The van der Waals surface area contributed by atoms with Crippen molar-refractivity contribution in [1.29, 1.82) is 5.26 Å². The van der Waals surface area contributed by atoms with Crippen LogP contribution in [0.2, 0.25) is 0 Å². The molecule has 1 fully saturated rings. The van der Waals surface area contributed by atoms with Crippen molar-refractivity contribution in [3.8, 4) is 6.07 Å². The molecular formula is C15H17NO. The molecule has 88 valence electrons. The van der Waals surface area contributed by atoms with E-state index in [9.17, 15) is 10.1 Å². The highest BCUT2D eigenvalue weighted by Gasteiger charge is 2.32. The fourth-order valence-corrected chi connectivity index (χ4v) is 2.57. The van der Waals surface area contributed by atoms with Gasteiger partial charge in [-0.1, -0.05) is 30.3 Å². The van der Waals surface area contributed by atoms with Gasteiger partial charge in [0.25, 0.3) is 0 Å². The first kappa shape index (κ1) is 11.9. The number of hydrogen-bond donors (Lipinski definition) is 0. The number of benzene rings is 1. The summed E-state index contributed by atoms with van der Waals surface area (Å²) in [5.41, 5.74) is 0.872. The summed E-state index contributed by atoms with van der Waals surface area (Å²) in [4.78, 5) is 11.4. The second kappa shape index (κ2) is 5.14. The third-order valence-electron chi connectivity index (χ3n) is 3.62. The van der Waals surface area contributed by atoms with Gasteiger partial charge in [0.2, 0.25) is 0 Å². The second-order valence-corrected chi connectivity index (χ2v) is 4.95. The number of Topliss-reactive ketones (excluding diaryl/α,β-unsaturated/α-hetero) is 1. The largest absolute Gasteiger partial charge is 0.300 e. The van der Waals surface area contributed by atoms with Crippen molar-refractivity contribution in [2.45, 2.75) is 38.5 Å². The average Bonchev–Trinajstić information content (AvgIpc) is 2.54. The molecule has 1 unspecified atom stereocenters. The minimum Gasteiger partial charge on any atom is -0.300 e. The minimum atomic E-state index is -0.326. The Morgan fingerprint density at radius 1 is 1.18 bits per heavy atom. The Bertz CT molecular complexity index is 432. The van der Waals surface area contributed by atoms with E-state index < -0.39 is 0 Å². The van der Waals surface area contributed by atoms with Crippen LogP contribution in [-0.2, 0) is 11.2 Å². The third kappa shape index (κ3) is 2.94. The topological polar surface area (TPSA) is 40.9 Å². The van der Waals surface area contributed by atoms with E-state index in [1.54, 1.807) is 0 Å². The van der Waals surface area contributed by atoms with Gasteiger partial charge in [-0.05, 0) is 31.2 Å². The van der Waals surface area contributed by atoms with Gasteiger partial charge in [0.05, 0.1) is 11.5 Å². The van der Waals surface area contributed by atoms with Gasteiger partial charge in [0.1, 0.15) is 5.78 Å². The van der Waals surface area contributed by atoms with Gasteiger partial charge in [-0.2, -0.15) is 5.26 Å². The van der Waals surface area contributed by atoms with Gasteiger partial charge < -0.3 is 0 Å². The molecule has 17 heavy (non-hydrogen) atoms. The summed E-state index contributed by atoms with van der Waals surface area (Å²) in [7, 11) is 0. The summed E-state index contributed by atoms with van der Waals surface area (Å²) in [5, 5.41) is 9.45. The van der Waals surface area contributed by atoms with Gasteiger partial charge in [0, 0.05) is 12.8 Å². The molecule has 0 amide bonds. The van der Waals surface area contributed by atoms with E-state index >= 15 is 0 Å². The van der Waals surface area contributed by atoms with Crippen molar-refractivity contribution < 1.29 is 4.79 Å². The molecule has 1 aromatic rings. The van der Waals surface area contributed by atoms with Crippen molar-refractivity contribution >= 4 is 5.78 Å². The summed E-state index contributed by atoms with van der Waals surface area (Å²) in [5.74, 6) is 0.315. The first-order chi connectivity index (χ1) is 8.24. The van der Waals surface area contributed by atoms with Gasteiger partial charge in [0.15, 0.2) is 0 Å². The lowest BCUT2D eigenvalue weighted by Crippen LogP contribution is -2.21. The van der Waals surface area contributed by atoms with E-state index in [0.29, 0.717) is 18.6 Å². The maximum atomic E-state index is 11.4. The lowest BCUT2D eigenvalue weighted by atomic mass is 9.77. The zero-order valence-corrected chi connectivity index (χ0v) is 9.98. The first-order valence-electron chi connectivity index (χ1n) is 6.21. The van der Waals surface area contributed by atoms with Crippen LogP contribution in [0.5, 0.6) is 0 Å². The predicted molar refractivity (Wildman–Crippen MR) is 66.3 cm³/mol. The smallest absolute Gasteiger partial charge is 0.132 e. The molecule has 0 spiro atoms. The van der Waals surface area contributed by atoms with E-state index in [4.69, 9.17) is 0 Å². The SMILES string of the molecule is N#CC1(Cc2ccccc2)CCCC(=O)CC1. The number of rotatable bonds is 2. The minimum absolute atomic E-state index is 0.315. The predicted octanol–water partition coefficient (Wildman–Crippen LogP) is 3.27. The Morgan fingerprint density at radius 2 is 1.94 bits per heavy atom. The van der Waals surface area contributed by atoms with Crippen LogP contribution in [0.3, 0.4) is 0 Å². The first-order valence-corrected chi connectivity index (χ1v) is 6.21. The number of ketones is 1. The van der Waals surface area contributed by atoms with Crippen LogP contribution in [0.1, 0.15) is 37.7 Å². The molecule has 0 aromatic heterocycles. The van der Waals surface area contributed by atoms with Crippen LogP contribution in [0.25, 0.3) is 0 Å². The fraction of sp³-hybridized carbons (Fsp3) is 0.467. The number of hydrogen-bond acceptors (Lipinski definition) is 2. The molecule has 1 aromatic carbocycles. The molecule has 2 rings (SSSR count). The highest BCUT2D eigenvalue weighted by molar-refractivity contribution is 5.78. The van der Waals surface area contributed by atoms with Gasteiger partial charge in [-0.25, -0.2) is 0 Å². The van der Waals surface area contributed by atoms with Crippen molar-refractivity contribution in [3.63, 3.8) is 0 Å². The maximum Gasteiger partial charge on any atom is 0.132 e. The maximum absolute atomic E-state index is 11.4. The molecule has 0 radical (unpaired) electrons. The lowest BCUT2D eigenvalue weighted by molar-refractivity contribution is -0.119. The molecule has 0 N–H and O–H groups in total. The summed E-state index contributed by atoms with van der Waals surface area (Å²) in [6, 6.07) is 12.6.